The van der Waals surface area contributed by atoms with Gasteiger partial charge in [-0.1, -0.05) is 132 Å². The predicted octanol–water partition coefficient (Wildman–Crippen LogP) is 11.3. The van der Waals surface area contributed by atoms with Crippen molar-refractivity contribution in [2.45, 2.75) is 168 Å². The van der Waals surface area contributed by atoms with Gasteiger partial charge in [-0.15, -0.1) is 0 Å². The second kappa shape index (κ2) is 38.4. The summed E-state index contributed by atoms with van der Waals surface area (Å²) in [6, 6.07) is 0. The third kappa shape index (κ3) is 37.5. The highest BCUT2D eigenvalue weighted by Gasteiger charge is 2.25. The smallest absolute Gasteiger partial charge is 0.462 e. The Hall–Kier alpha value is -2.29. The Balaban J connectivity index is 4.32. The quantitative estimate of drug-likeness (QED) is 0.0275. The molecule has 0 rings (SSSR count). The zero-order valence-corrected chi connectivity index (χ0v) is 33.7. The minimum absolute atomic E-state index is 0.0426. The van der Waals surface area contributed by atoms with Gasteiger partial charge in [0.25, 0.3) is 0 Å². The first-order valence-corrected chi connectivity index (χ1v) is 21.8. The monoisotopic (exact) mass is 752 g/mol. The normalized spacial score (nSPS) is 14.0. The molecule has 300 valence electrons. The van der Waals surface area contributed by atoms with Crippen LogP contribution in [0.1, 0.15) is 162 Å². The van der Waals surface area contributed by atoms with E-state index in [-0.39, 0.29) is 32.6 Å². The number of rotatable bonds is 37. The molecule has 3 N–H and O–H groups in total. The van der Waals surface area contributed by atoms with Crippen LogP contribution in [0.3, 0.4) is 0 Å². The van der Waals surface area contributed by atoms with Crippen LogP contribution < -0.4 is 5.73 Å². The maximum absolute atomic E-state index is 12.5. The summed E-state index contributed by atoms with van der Waals surface area (Å²) in [5.74, 6) is -0.909. The molecule has 52 heavy (non-hydrogen) atoms. The summed E-state index contributed by atoms with van der Waals surface area (Å²) >= 11 is 0. The van der Waals surface area contributed by atoms with E-state index in [1.165, 1.54) is 64.2 Å². The molecule has 0 aliphatic rings. The van der Waals surface area contributed by atoms with E-state index in [0.29, 0.717) is 12.8 Å². The van der Waals surface area contributed by atoms with Crippen LogP contribution in [-0.2, 0) is 32.7 Å². The summed E-state index contributed by atoms with van der Waals surface area (Å²) in [6.07, 6.45) is 44.0. The van der Waals surface area contributed by atoms with Crippen LogP contribution >= 0.6 is 7.82 Å². The number of phosphoric ester groups is 1. The van der Waals surface area contributed by atoms with Gasteiger partial charge in [-0.05, 0) is 77.0 Å². The van der Waals surface area contributed by atoms with Crippen molar-refractivity contribution in [3.63, 3.8) is 0 Å². The van der Waals surface area contributed by atoms with Crippen LogP contribution in [0, 0.1) is 0 Å². The summed E-state index contributed by atoms with van der Waals surface area (Å²) < 4.78 is 32.6. The number of carbonyl (C=O) groups excluding carboxylic acids is 2. The molecule has 10 heteroatoms. The van der Waals surface area contributed by atoms with Crippen molar-refractivity contribution >= 4 is 19.8 Å². The van der Waals surface area contributed by atoms with Gasteiger partial charge in [-0.25, -0.2) is 4.57 Å². The van der Waals surface area contributed by atoms with Crippen molar-refractivity contribution in [3.8, 4) is 0 Å². The van der Waals surface area contributed by atoms with Crippen LogP contribution in [0.15, 0.2) is 60.8 Å². The number of nitrogens with two attached hydrogens (primary N) is 1. The van der Waals surface area contributed by atoms with E-state index in [0.717, 1.165) is 57.8 Å². The Bertz CT molecular complexity index is 1040. The first kappa shape index (κ1) is 49.7. The van der Waals surface area contributed by atoms with Crippen LogP contribution in [0.5, 0.6) is 0 Å². The van der Waals surface area contributed by atoms with Crippen LogP contribution in [0.25, 0.3) is 0 Å². The molecule has 0 aliphatic carbocycles. The standard InChI is InChI=1S/C42H74NO8P/c1-3-5-7-9-11-13-15-17-19-20-21-23-24-26-28-30-32-34-41(44)48-38-40(39-50-52(46,47)49-37-36-43)51-42(45)35-33-31-29-27-25-22-18-16-14-12-10-8-6-4-2/h11,13,16-19,21,23,26,28,40H,3-10,12,14-15,20,22,24-25,27,29-39,43H2,1-2H3,(H,46,47)/b13-11-,18-16-,19-17-,23-21-,28-26-/t40-/m1/s1. The Morgan fingerprint density at radius 2 is 1.02 bits per heavy atom. The number of unbranched alkanes of at least 4 members (excludes halogenated alkanes) is 14. The molecule has 0 amide bonds. The molecule has 0 heterocycles. The maximum atomic E-state index is 12.5. The number of carbonyl (C=O) groups is 2. The van der Waals surface area contributed by atoms with Gasteiger partial charge in [0, 0.05) is 19.4 Å². The van der Waals surface area contributed by atoms with Gasteiger partial charge in [0.2, 0.25) is 0 Å². The van der Waals surface area contributed by atoms with E-state index in [1.807, 2.05) is 6.08 Å². The fraction of sp³-hybridized carbons (Fsp3) is 0.714. The van der Waals surface area contributed by atoms with Gasteiger partial charge in [0.1, 0.15) is 6.61 Å². The summed E-state index contributed by atoms with van der Waals surface area (Å²) in [5.41, 5.74) is 5.33. The minimum atomic E-state index is -4.39. The molecular formula is C42H74NO8P. The van der Waals surface area contributed by atoms with E-state index in [4.69, 9.17) is 24.3 Å². The Morgan fingerprint density at radius 3 is 1.60 bits per heavy atom. The van der Waals surface area contributed by atoms with Crippen molar-refractivity contribution in [1.29, 1.82) is 0 Å². The summed E-state index contributed by atoms with van der Waals surface area (Å²) in [4.78, 5) is 34.7. The van der Waals surface area contributed by atoms with Crippen molar-refractivity contribution in [2.75, 3.05) is 26.4 Å². The lowest BCUT2D eigenvalue weighted by Gasteiger charge is -2.19. The second-order valence-electron chi connectivity index (χ2n) is 13.1. The van der Waals surface area contributed by atoms with E-state index in [2.05, 4.69) is 68.5 Å². The molecule has 0 saturated carbocycles. The van der Waals surface area contributed by atoms with E-state index >= 15 is 0 Å². The lowest BCUT2D eigenvalue weighted by atomic mass is 10.1. The number of hydrogen-bond acceptors (Lipinski definition) is 8. The second-order valence-corrected chi connectivity index (χ2v) is 14.6. The van der Waals surface area contributed by atoms with Gasteiger partial charge in [-0.2, -0.15) is 0 Å². The van der Waals surface area contributed by atoms with Gasteiger partial charge >= 0.3 is 19.8 Å². The van der Waals surface area contributed by atoms with Gasteiger partial charge < -0.3 is 20.1 Å². The molecular weight excluding hydrogens is 677 g/mol. The van der Waals surface area contributed by atoms with Gasteiger partial charge in [0.05, 0.1) is 13.2 Å². The molecule has 0 bridgehead atoms. The van der Waals surface area contributed by atoms with Gasteiger partial charge in [0.15, 0.2) is 6.10 Å². The number of allylic oxidation sites excluding steroid dienone is 10. The molecule has 9 nitrogen and oxygen atoms in total. The van der Waals surface area contributed by atoms with E-state index in [9.17, 15) is 19.0 Å². The molecule has 0 aromatic rings. The van der Waals surface area contributed by atoms with Crippen molar-refractivity contribution in [1.82, 2.24) is 0 Å². The van der Waals surface area contributed by atoms with Crippen molar-refractivity contribution < 1.29 is 37.6 Å². The first-order chi connectivity index (χ1) is 25.3. The Labute approximate surface area is 317 Å². The van der Waals surface area contributed by atoms with Crippen molar-refractivity contribution in [2.24, 2.45) is 5.73 Å². The average Bonchev–Trinajstić information content (AvgIpc) is 3.13. The van der Waals surface area contributed by atoms with E-state index in [1.54, 1.807) is 0 Å². The predicted molar refractivity (Wildman–Crippen MR) is 215 cm³/mol. The largest absolute Gasteiger partial charge is 0.472 e. The molecule has 2 atom stereocenters. The highest BCUT2D eigenvalue weighted by Crippen LogP contribution is 2.43. The molecule has 0 aliphatic heterocycles. The number of esters is 2. The van der Waals surface area contributed by atoms with Crippen LogP contribution in [-0.4, -0.2) is 49.3 Å². The average molecular weight is 752 g/mol. The molecule has 0 saturated heterocycles. The first-order valence-electron chi connectivity index (χ1n) is 20.3. The number of phosphoric acid groups is 1. The third-order valence-corrected chi connectivity index (χ3v) is 9.11. The number of ether oxygens (including phenoxy) is 2. The fourth-order valence-electron chi connectivity index (χ4n) is 5.09. The molecule has 0 aromatic heterocycles. The van der Waals surface area contributed by atoms with Crippen molar-refractivity contribution in [3.05, 3.63) is 60.8 Å². The Kier molecular flexibility index (Phi) is 36.7. The fourth-order valence-corrected chi connectivity index (χ4v) is 5.86. The highest BCUT2D eigenvalue weighted by molar-refractivity contribution is 7.47. The zero-order valence-electron chi connectivity index (χ0n) is 32.8. The summed E-state index contributed by atoms with van der Waals surface area (Å²) in [7, 11) is -4.39. The molecule has 1 unspecified atom stereocenters. The minimum Gasteiger partial charge on any atom is -0.462 e. The molecule has 0 fully saturated rings. The maximum Gasteiger partial charge on any atom is 0.472 e. The summed E-state index contributed by atoms with van der Waals surface area (Å²) in [5, 5.41) is 0. The van der Waals surface area contributed by atoms with Crippen LogP contribution in [0.2, 0.25) is 0 Å². The van der Waals surface area contributed by atoms with E-state index < -0.39 is 32.5 Å². The topological polar surface area (TPSA) is 134 Å². The lowest BCUT2D eigenvalue weighted by molar-refractivity contribution is -0.161. The highest BCUT2D eigenvalue weighted by atomic mass is 31.2. The SMILES string of the molecule is CCCCC/C=C\C/C=C\C/C=C\C/C=C\CCCC(=O)OC[C@H](COP(=O)(O)OCCN)OC(=O)CCCCCCC/C=C\CCCCCCC. The zero-order chi connectivity index (χ0) is 38.2. The summed E-state index contributed by atoms with van der Waals surface area (Å²) in [6.45, 7) is 3.60. The van der Waals surface area contributed by atoms with Gasteiger partial charge in [-0.3, -0.25) is 18.6 Å². The number of hydrogen-bond donors (Lipinski definition) is 2. The molecule has 0 radical (unpaired) electrons. The lowest BCUT2D eigenvalue weighted by Crippen LogP contribution is -2.29. The Morgan fingerprint density at radius 1 is 0.577 bits per heavy atom. The molecule has 0 spiro atoms. The van der Waals surface area contributed by atoms with Crippen LogP contribution in [0.4, 0.5) is 0 Å². The third-order valence-electron chi connectivity index (χ3n) is 8.13. The molecule has 0 aromatic carbocycles.